The first-order chi connectivity index (χ1) is 16.4. The Labute approximate surface area is 208 Å². The molecule has 1 aliphatic heterocycles. The van der Waals surface area contributed by atoms with Crippen molar-refractivity contribution < 1.29 is 8.42 Å². The number of hydrogen-bond acceptors (Lipinski definition) is 2. The Bertz CT molecular complexity index is 1420. The van der Waals surface area contributed by atoms with Gasteiger partial charge in [-0.25, -0.2) is 0 Å². The van der Waals surface area contributed by atoms with E-state index < -0.39 is 10.0 Å². The lowest BCUT2D eigenvalue weighted by Gasteiger charge is -2.50. The van der Waals surface area contributed by atoms with Crippen molar-refractivity contribution in [3.8, 4) is 0 Å². The Balaban J connectivity index is 1.69. The zero-order valence-corrected chi connectivity index (χ0v) is 20.9. The lowest BCUT2D eigenvalue weighted by atomic mass is 9.77. The highest BCUT2D eigenvalue weighted by molar-refractivity contribution is 9.10. The van der Waals surface area contributed by atoms with Crippen LogP contribution in [0.15, 0.2) is 123 Å². The first-order valence-corrected chi connectivity index (χ1v) is 13.2. The van der Waals surface area contributed by atoms with Crippen molar-refractivity contribution in [1.82, 2.24) is 0 Å². The maximum atomic E-state index is 13.4. The van der Waals surface area contributed by atoms with Crippen molar-refractivity contribution in [2.24, 2.45) is 4.40 Å². The molecule has 0 unspecified atom stereocenters. The lowest BCUT2D eigenvalue weighted by molar-refractivity contribution is 0.566. The van der Waals surface area contributed by atoms with Crippen LogP contribution in [0.5, 0.6) is 0 Å². The SMILES string of the molecule is Cc1ccc(S(=O)(=O)/N=C2/[C@H](c3ccc(Br)cc3)[C@@H](c3ccccc3)N2c2ccccc2)cc1. The molecule has 0 saturated carbocycles. The molecule has 1 saturated heterocycles. The van der Waals surface area contributed by atoms with Gasteiger partial charge in [0, 0.05) is 10.2 Å². The highest BCUT2D eigenvalue weighted by atomic mass is 79.9. The monoisotopic (exact) mass is 530 g/mol. The molecule has 1 aliphatic rings. The quantitative estimate of drug-likeness (QED) is 0.282. The van der Waals surface area contributed by atoms with Crippen LogP contribution in [0.3, 0.4) is 0 Å². The molecule has 0 N–H and O–H groups in total. The number of aryl methyl sites for hydroxylation is 1. The molecule has 0 aromatic heterocycles. The summed E-state index contributed by atoms with van der Waals surface area (Å²) >= 11 is 3.51. The van der Waals surface area contributed by atoms with Gasteiger partial charge in [-0.05, 0) is 54.4 Å². The number of anilines is 1. The number of benzene rings is 4. The fourth-order valence-corrected chi connectivity index (χ4v) is 5.66. The fourth-order valence-electron chi connectivity index (χ4n) is 4.36. The summed E-state index contributed by atoms with van der Waals surface area (Å²) in [5.41, 5.74) is 4.02. The molecule has 4 aromatic rings. The normalized spacial score (nSPS) is 19.1. The molecular weight excluding hydrogens is 508 g/mol. The van der Waals surface area contributed by atoms with Gasteiger partial charge in [-0.15, -0.1) is 4.40 Å². The summed E-state index contributed by atoms with van der Waals surface area (Å²) in [7, 11) is -3.90. The molecule has 0 bridgehead atoms. The van der Waals surface area contributed by atoms with E-state index in [2.05, 4.69) is 32.5 Å². The van der Waals surface area contributed by atoms with Crippen molar-refractivity contribution in [3.05, 3.63) is 130 Å². The van der Waals surface area contributed by atoms with Crippen LogP contribution in [0, 0.1) is 6.92 Å². The van der Waals surface area contributed by atoms with Gasteiger partial charge in [0.05, 0.1) is 16.9 Å². The van der Waals surface area contributed by atoms with Gasteiger partial charge in [-0.2, -0.15) is 8.42 Å². The largest absolute Gasteiger partial charge is 0.320 e. The topological polar surface area (TPSA) is 49.7 Å². The van der Waals surface area contributed by atoms with Gasteiger partial charge in [-0.1, -0.05) is 94.3 Å². The van der Waals surface area contributed by atoms with E-state index in [0.29, 0.717) is 5.84 Å². The predicted molar refractivity (Wildman–Crippen MR) is 141 cm³/mol. The van der Waals surface area contributed by atoms with Crippen LogP contribution in [0.1, 0.15) is 28.7 Å². The van der Waals surface area contributed by atoms with Crippen molar-refractivity contribution in [3.63, 3.8) is 0 Å². The van der Waals surface area contributed by atoms with E-state index >= 15 is 0 Å². The summed E-state index contributed by atoms with van der Waals surface area (Å²) in [5.74, 6) is 0.305. The Kier molecular flexibility index (Phi) is 6.11. The zero-order valence-electron chi connectivity index (χ0n) is 18.5. The molecule has 4 nitrogen and oxygen atoms in total. The van der Waals surface area contributed by atoms with Gasteiger partial charge < -0.3 is 4.90 Å². The zero-order chi connectivity index (χ0) is 23.7. The minimum Gasteiger partial charge on any atom is -0.320 e. The number of amidine groups is 1. The molecule has 170 valence electrons. The number of rotatable bonds is 5. The second kappa shape index (κ2) is 9.20. The number of sulfonamides is 1. The third-order valence-electron chi connectivity index (χ3n) is 6.06. The fraction of sp³-hybridized carbons (Fsp3) is 0.107. The molecule has 4 aromatic carbocycles. The first kappa shape index (κ1) is 22.6. The Hall–Kier alpha value is -3.22. The van der Waals surface area contributed by atoms with Crippen molar-refractivity contribution in [1.29, 1.82) is 0 Å². The van der Waals surface area contributed by atoms with E-state index in [9.17, 15) is 8.42 Å². The standard InChI is InChI=1S/C28H23BrN2O2S/c1-20-12-18-25(19-13-20)34(32,33)30-28-26(21-14-16-23(29)17-15-21)27(22-8-4-2-5-9-22)31(28)24-10-6-3-7-11-24/h2-19,26-27H,1H3/b30-28-/t26-,27-/m1/s1. The summed E-state index contributed by atoms with van der Waals surface area (Å²) in [4.78, 5) is 2.23. The molecule has 0 amide bonds. The second-order valence-electron chi connectivity index (χ2n) is 8.33. The summed E-state index contributed by atoms with van der Waals surface area (Å²) in [6.07, 6.45) is 0. The highest BCUT2D eigenvalue weighted by Crippen LogP contribution is 2.50. The van der Waals surface area contributed by atoms with Gasteiger partial charge in [-0.3, -0.25) is 0 Å². The average molecular weight is 531 g/mol. The summed E-state index contributed by atoms with van der Waals surface area (Å²) < 4.78 is 32.2. The highest BCUT2D eigenvalue weighted by Gasteiger charge is 2.48. The number of nitrogens with zero attached hydrogens (tertiary/aromatic N) is 2. The van der Waals surface area contributed by atoms with E-state index in [-0.39, 0.29) is 16.9 Å². The lowest BCUT2D eigenvalue weighted by Crippen LogP contribution is -2.54. The minimum atomic E-state index is -3.90. The van der Waals surface area contributed by atoms with Gasteiger partial charge in [0.2, 0.25) is 0 Å². The van der Waals surface area contributed by atoms with Crippen molar-refractivity contribution in [2.45, 2.75) is 23.8 Å². The molecule has 34 heavy (non-hydrogen) atoms. The first-order valence-electron chi connectivity index (χ1n) is 11.0. The predicted octanol–water partition coefficient (Wildman–Crippen LogP) is 6.89. The molecular formula is C28H23BrN2O2S. The Morgan fingerprint density at radius 1 is 0.735 bits per heavy atom. The molecule has 1 heterocycles. The van der Waals surface area contributed by atoms with Crippen LogP contribution in [0.25, 0.3) is 0 Å². The minimum absolute atomic E-state index is 0.0863. The van der Waals surface area contributed by atoms with Crippen LogP contribution in [-0.4, -0.2) is 14.3 Å². The smallest absolute Gasteiger partial charge is 0.283 e. The molecule has 0 radical (unpaired) electrons. The third kappa shape index (κ3) is 4.31. The number of hydrogen-bond donors (Lipinski definition) is 0. The van der Waals surface area contributed by atoms with Gasteiger partial charge in [0.15, 0.2) is 0 Å². The Morgan fingerprint density at radius 2 is 1.32 bits per heavy atom. The molecule has 6 heteroatoms. The molecule has 2 atom stereocenters. The molecule has 5 rings (SSSR count). The second-order valence-corrected chi connectivity index (χ2v) is 10.8. The van der Waals surface area contributed by atoms with E-state index in [1.165, 1.54) is 0 Å². The van der Waals surface area contributed by atoms with Gasteiger partial charge in [0.25, 0.3) is 10.0 Å². The maximum absolute atomic E-state index is 13.4. The summed E-state index contributed by atoms with van der Waals surface area (Å²) in [5, 5.41) is 0. The van der Waals surface area contributed by atoms with Crippen molar-refractivity contribution >= 4 is 37.5 Å². The van der Waals surface area contributed by atoms with E-state index in [4.69, 9.17) is 0 Å². The van der Waals surface area contributed by atoms with Crippen molar-refractivity contribution in [2.75, 3.05) is 4.90 Å². The van der Waals surface area contributed by atoms with Crippen LogP contribution in [-0.2, 0) is 10.0 Å². The van der Waals surface area contributed by atoms with Crippen LogP contribution in [0.2, 0.25) is 0 Å². The van der Waals surface area contributed by atoms with Crippen LogP contribution in [0.4, 0.5) is 5.69 Å². The average Bonchev–Trinajstić information content (AvgIpc) is 2.84. The maximum Gasteiger partial charge on any atom is 0.283 e. The molecule has 1 fully saturated rings. The number of para-hydroxylation sites is 1. The Morgan fingerprint density at radius 3 is 1.94 bits per heavy atom. The van der Waals surface area contributed by atoms with Crippen LogP contribution < -0.4 is 4.90 Å². The van der Waals surface area contributed by atoms with E-state index in [1.54, 1.807) is 24.3 Å². The van der Waals surface area contributed by atoms with Gasteiger partial charge in [0.1, 0.15) is 5.84 Å². The van der Waals surface area contributed by atoms with E-state index in [1.807, 2.05) is 84.6 Å². The van der Waals surface area contributed by atoms with E-state index in [0.717, 1.165) is 26.9 Å². The van der Waals surface area contributed by atoms with Gasteiger partial charge >= 0.3 is 0 Å². The third-order valence-corrected chi connectivity index (χ3v) is 7.88. The van der Waals surface area contributed by atoms with Crippen LogP contribution >= 0.6 is 15.9 Å². The molecule has 0 aliphatic carbocycles. The summed E-state index contributed by atoms with van der Waals surface area (Å²) in [6.45, 7) is 1.93. The summed E-state index contributed by atoms with van der Waals surface area (Å²) in [6, 6.07) is 34.8. The number of halogens is 1. The molecule has 0 spiro atoms.